The minimum absolute atomic E-state index is 0.172. The van der Waals surface area contributed by atoms with E-state index >= 15 is 0 Å². The van der Waals surface area contributed by atoms with Gasteiger partial charge in [-0.05, 0) is 49.4 Å². The topological polar surface area (TPSA) is 41.5 Å². The molecule has 1 atom stereocenters. The molecule has 2 rings (SSSR count). The van der Waals surface area contributed by atoms with Crippen LogP contribution in [0.3, 0.4) is 0 Å². The Bertz CT molecular complexity index is 379. The van der Waals surface area contributed by atoms with Gasteiger partial charge in [0, 0.05) is 19.8 Å². The third kappa shape index (κ3) is 3.80. The lowest BCUT2D eigenvalue weighted by Gasteiger charge is -2.07. The van der Waals surface area contributed by atoms with Crippen LogP contribution in [0.2, 0.25) is 0 Å². The lowest BCUT2D eigenvalue weighted by atomic mass is 10.1. The molecule has 3 heteroatoms. The first-order valence-electron chi connectivity index (χ1n) is 6.86. The normalized spacial score (nSPS) is 18.0. The van der Waals surface area contributed by atoms with Crippen LogP contribution in [-0.4, -0.2) is 31.0 Å². The van der Waals surface area contributed by atoms with E-state index in [4.69, 9.17) is 4.74 Å². The maximum Gasteiger partial charge on any atom is 0.0621 e. The number of ether oxygens (including phenoxy) is 1. The van der Waals surface area contributed by atoms with E-state index < -0.39 is 0 Å². The van der Waals surface area contributed by atoms with Crippen molar-refractivity contribution >= 4 is 0 Å². The Morgan fingerprint density at radius 3 is 3.00 bits per heavy atom. The van der Waals surface area contributed by atoms with Crippen LogP contribution in [-0.2, 0) is 24.1 Å². The number of hydrogen-bond donors (Lipinski definition) is 2. The summed E-state index contributed by atoms with van der Waals surface area (Å²) in [7, 11) is 0. The molecule has 1 aromatic carbocycles. The fourth-order valence-electron chi connectivity index (χ4n) is 2.43. The van der Waals surface area contributed by atoms with Crippen molar-refractivity contribution in [2.45, 2.75) is 38.8 Å². The molecule has 0 fully saturated rings. The Hall–Kier alpha value is -0.900. The van der Waals surface area contributed by atoms with Crippen LogP contribution in [0.15, 0.2) is 18.2 Å². The zero-order valence-corrected chi connectivity index (χ0v) is 11.1. The van der Waals surface area contributed by atoms with Crippen LogP contribution in [0.5, 0.6) is 0 Å². The fourth-order valence-corrected chi connectivity index (χ4v) is 2.43. The molecule has 0 saturated heterocycles. The maximum atomic E-state index is 9.61. The second kappa shape index (κ2) is 6.88. The van der Waals surface area contributed by atoms with Crippen LogP contribution in [0.25, 0.3) is 0 Å². The van der Waals surface area contributed by atoms with Gasteiger partial charge in [-0.25, -0.2) is 0 Å². The monoisotopic (exact) mass is 249 g/mol. The number of hydrogen-bond acceptors (Lipinski definition) is 3. The molecule has 1 aromatic rings. The summed E-state index contributed by atoms with van der Waals surface area (Å²) in [4.78, 5) is 0. The molecule has 2 N–H and O–H groups in total. The summed E-state index contributed by atoms with van der Waals surface area (Å²) in [5.41, 5.74) is 3.93. The van der Waals surface area contributed by atoms with Crippen molar-refractivity contribution < 1.29 is 9.84 Å². The SMILES string of the molecule is CCOCCCNCc1ccc2c(c1)C[C@@H](O)C2. The van der Waals surface area contributed by atoms with Crippen molar-refractivity contribution in [3.05, 3.63) is 34.9 Å². The first kappa shape index (κ1) is 13.5. The summed E-state index contributed by atoms with van der Waals surface area (Å²) >= 11 is 0. The zero-order valence-electron chi connectivity index (χ0n) is 11.1. The Balaban J connectivity index is 1.72. The number of aliphatic hydroxyl groups excluding tert-OH is 1. The summed E-state index contributed by atoms with van der Waals surface area (Å²) in [5, 5.41) is 13.0. The smallest absolute Gasteiger partial charge is 0.0621 e. The molecule has 100 valence electrons. The first-order chi connectivity index (χ1) is 8.79. The van der Waals surface area contributed by atoms with Gasteiger partial charge >= 0.3 is 0 Å². The Kier molecular flexibility index (Phi) is 5.17. The van der Waals surface area contributed by atoms with Crippen LogP contribution >= 0.6 is 0 Å². The highest BCUT2D eigenvalue weighted by Gasteiger charge is 2.18. The lowest BCUT2D eigenvalue weighted by Crippen LogP contribution is -2.16. The molecular weight excluding hydrogens is 226 g/mol. The average molecular weight is 249 g/mol. The summed E-state index contributed by atoms with van der Waals surface area (Å²) in [5.74, 6) is 0. The highest BCUT2D eigenvalue weighted by molar-refractivity contribution is 5.36. The maximum absolute atomic E-state index is 9.61. The molecule has 0 aromatic heterocycles. The van der Waals surface area contributed by atoms with Crippen LogP contribution < -0.4 is 5.32 Å². The van der Waals surface area contributed by atoms with E-state index in [1.54, 1.807) is 0 Å². The number of nitrogens with one attached hydrogen (secondary N) is 1. The number of fused-ring (bicyclic) bond motifs is 1. The fraction of sp³-hybridized carbons (Fsp3) is 0.600. The van der Waals surface area contributed by atoms with Gasteiger partial charge in [0.15, 0.2) is 0 Å². The second-order valence-electron chi connectivity index (χ2n) is 4.89. The van der Waals surface area contributed by atoms with Gasteiger partial charge in [0.2, 0.25) is 0 Å². The van der Waals surface area contributed by atoms with E-state index in [1.165, 1.54) is 16.7 Å². The molecule has 0 heterocycles. The van der Waals surface area contributed by atoms with Crippen molar-refractivity contribution in [1.82, 2.24) is 5.32 Å². The molecule has 0 aliphatic heterocycles. The number of benzene rings is 1. The molecule has 0 amide bonds. The third-order valence-corrected chi connectivity index (χ3v) is 3.36. The Morgan fingerprint density at radius 1 is 1.33 bits per heavy atom. The number of aliphatic hydroxyl groups is 1. The van der Waals surface area contributed by atoms with Gasteiger partial charge in [0.25, 0.3) is 0 Å². The van der Waals surface area contributed by atoms with Crippen LogP contribution in [0.4, 0.5) is 0 Å². The second-order valence-corrected chi connectivity index (χ2v) is 4.89. The van der Waals surface area contributed by atoms with Gasteiger partial charge < -0.3 is 15.2 Å². The van der Waals surface area contributed by atoms with Crippen molar-refractivity contribution in [3.8, 4) is 0 Å². The molecule has 1 aliphatic rings. The number of rotatable bonds is 7. The zero-order chi connectivity index (χ0) is 12.8. The third-order valence-electron chi connectivity index (χ3n) is 3.36. The average Bonchev–Trinajstić information content (AvgIpc) is 2.73. The van der Waals surface area contributed by atoms with Crippen molar-refractivity contribution in [3.63, 3.8) is 0 Å². The van der Waals surface area contributed by atoms with E-state index in [-0.39, 0.29) is 6.10 Å². The molecule has 18 heavy (non-hydrogen) atoms. The van der Waals surface area contributed by atoms with Crippen molar-refractivity contribution in [1.29, 1.82) is 0 Å². The molecule has 0 spiro atoms. The molecule has 0 bridgehead atoms. The van der Waals surface area contributed by atoms with Gasteiger partial charge in [-0.15, -0.1) is 0 Å². The summed E-state index contributed by atoms with van der Waals surface area (Å²) in [6, 6.07) is 6.54. The predicted molar refractivity (Wildman–Crippen MR) is 72.7 cm³/mol. The highest BCUT2D eigenvalue weighted by atomic mass is 16.5. The lowest BCUT2D eigenvalue weighted by molar-refractivity contribution is 0.144. The summed E-state index contributed by atoms with van der Waals surface area (Å²) in [6.07, 6.45) is 2.51. The summed E-state index contributed by atoms with van der Waals surface area (Å²) < 4.78 is 5.29. The van der Waals surface area contributed by atoms with E-state index in [1.807, 2.05) is 6.92 Å². The van der Waals surface area contributed by atoms with E-state index in [9.17, 15) is 5.11 Å². The Morgan fingerprint density at radius 2 is 2.17 bits per heavy atom. The minimum Gasteiger partial charge on any atom is -0.392 e. The molecule has 3 nitrogen and oxygen atoms in total. The molecule has 0 unspecified atom stereocenters. The van der Waals surface area contributed by atoms with Gasteiger partial charge in [-0.1, -0.05) is 18.2 Å². The molecule has 0 radical (unpaired) electrons. The quantitative estimate of drug-likeness (QED) is 0.722. The standard InChI is InChI=1S/C15H23NO2/c1-2-18-7-3-6-16-11-12-4-5-13-9-15(17)10-14(13)8-12/h4-5,8,15-17H,2-3,6-7,9-11H2,1H3/t15-/m0/s1. The van der Waals surface area contributed by atoms with Crippen LogP contribution in [0.1, 0.15) is 30.0 Å². The largest absolute Gasteiger partial charge is 0.392 e. The first-order valence-corrected chi connectivity index (χ1v) is 6.86. The van der Waals surface area contributed by atoms with Crippen molar-refractivity contribution in [2.24, 2.45) is 0 Å². The summed E-state index contributed by atoms with van der Waals surface area (Å²) in [6.45, 7) is 5.54. The van der Waals surface area contributed by atoms with Crippen LogP contribution in [0, 0.1) is 0 Å². The molecule has 1 aliphatic carbocycles. The van der Waals surface area contributed by atoms with Gasteiger partial charge in [-0.3, -0.25) is 0 Å². The Labute approximate surface area is 109 Å². The molecule has 0 saturated carbocycles. The highest BCUT2D eigenvalue weighted by Crippen LogP contribution is 2.23. The van der Waals surface area contributed by atoms with E-state index in [0.717, 1.165) is 45.6 Å². The van der Waals surface area contributed by atoms with E-state index in [0.29, 0.717) is 0 Å². The van der Waals surface area contributed by atoms with E-state index in [2.05, 4.69) is 23.5 Å². The predicted octanol–water partition coefficient (Wildman–Crippen LogP) is 1.66. The van der Waals surface area contributed by atoms with Crippen molar-refractivity contribution in [2.75, 3.05) is 19.8 Å². The molecular formula is C15H23NO2. The van der Waals surface area contributed by atoms with Gasteiger partial charge in [0.05, 0.1) is 6.10 Å². The van der Waals surface area contributed by atoms with Gasteiger partial charge in [-0.2, -0.15) is 0 Å². The minimum atomic E-state index is -0.172. The van der Waals surface area contributed by atoms with Gasteiger partial charge in [0.1, 0.15) is 0 Å².